The van der Waals surface area contributed by atoms with Crippen molar-refractivity contribution in [1.82, 2.24) is 29.9 Å². The summed E-state index contributed by atoms with van der Waals surface area (Å²) in [7, 11) is 1.82. The van der Waals surface area contributed by atoms with Crippen molar-refractivity contribution in [2.45, 2.75) is 32.4 Å². The highest BCUT2D eigenvalue weighted by Crippen LogP contribution is 2.34. The van der Waals surface area contributed by atoms with Crippen LogP contribution < -0.4 is 0 Å². The standard InChI is InChI=1S/C25H21ClN6O3/c1-14-22-18(12-19(20-4-3-11-34-20)27-23(22)31(2)30-14)25(33)32(17-9-10-17)13-21-28-29-24(35-21)15-5-7-16(26)8-6-15/h3-8,11-12,17H,9-10,13H2,1-2H3. The van der Waals surface area contributed by atoms with Gasteiger partial charge in [0, 0.05) is 23.7 Å². The molecule has 0 atom stereocenters. The Hall–Kier alpha value is -3.98. The van der Waals surface area contributed by atoms with E-state index in [9.17, 15) is 4.79 Å². The molecule has 0 spiro atoms. The van der Waals surface area contributed by atoms with E-state index in [1.807, 2.05) is 32.2 Å². The smallest absolute Gasteiger partial charge is 0.255 e. The highest BCUT2D eigenvalue weighted by Gasteiger charge is 2.36. The molecule has 0 radical (unpaired) electrons. The molecule has 0 N–H and O–H groups in total. The van der Waals surface area contributed by atoms with Crippen LogP contribution in [0.2, 0.25) is 5.02 Å². The highest BCUT2D eigenvalue weighted by atomic mass is 35.5. The first-order valence-corrected chi connectivity index (χ1v) is 11.6. The van der Waals surface area contributed by atoms with Crippen LogP contribution in [-0.2, 0) is 13.6 Å². The molecule has 1 amide bonds. The van der Waals surface area contributed by atoms with Crippen molar-refractivity contribution in [2.75, 3.05) is 0 Å². The summed E-state index contributed by atoms with van der Waals surface area (Å²) in [4.78, 5) is 20.5. The summed E-state index contributed by atoms with van der Waals surface area (Å²) in [6.07, 6.45) is 3.44. The molecule has 1 saturated carbocycles. The number of furan rings is 1. The number of amides is 1. The van der Waals surface area contributed by atoms with Crippen LogP contribution in [0.4, 0.5) is 0 Å². The van der Waals surface area contributed by atoms with Crippen LogP contribution in [0.15, 0.2) is 57.6 Å². The van der Waals surface area contributed by atoms with Crippen LogP contribution in [0.1, 0.15) is 34.8 Å². The molecule has 0 bridgehead atoms. The lowest BCUT2D eigenvalue weighted by Crippen LogP contribution is -2.33. The fourth-order valence-corrected chi connectivity index (χ4v) is 4.37. The summed E-state index contributed by atoms with van der Waals surface area (Å²) < 4.78 is 13.1. The Morgan fingerprint density at radius 2 is 2.00 bits per heavy atom. The number of aryl methyl sites for hydroxylation is 2. The van der Waals surface area contributed by atoms with E-state index >= 15 is 0 Å². The molecule has 4 aromatic heterocycles. The Morgan fingerprint density at radius 1 is 1.20 bits per heavy atom. The van der Waals surface area contributed by atoms with Gasteiger partial charge in [0.2, 0.25) is 11.8 Å². The van der Waals surface area contributed by atoms with Crippen LogP contribution in [0.25, 0.3) is 33.9 Å². The van der Waals surface area contributed by atoms with Gasteiger partial charge in [-0.25, -0.2) is 4.98 Å². The molecule has 10 heteroatoms. The zero-order valence-electron chi connectivity index (χ0n) is 19.1. The number of carbonyl (C=O) groups excluding carboxylic acids is 1. The quantitative estimate of drug-likeness (QED) is 0.329. The maximum atomic E-state index is 14.0. The molecule has 0 saturated heterocycles. The molecule has 9 nitrogen and oxygen atoms in total. The lowest BCUT2D eigenvalue weighted by atomic mass is 10.1. The first-order valence-electron chi connectivity index (χ1n) is 11.3. The summed E-state index contributed by atoms with van der Waals surface area (Å²) >= 11 is 5.98. The molecule has 1 aromatic carbocycles. The third kappa shape index (κ3) is 3.97. The Kier molecular flexibility index (Phi) is 5.14. The number of hydrogen-bond donors (Lipinski definition) is 0. The van der Waals surface area contributed by atoms with Gasteiger partial charge in [-0.1, -0.05) is 11.6 Å². The molecular weight excluding hydrogens is 468 g/mol. The maximum absolute atomic E-state index is 14.0. The Labute approximate surface area is 205 Å². The van der Waals surface area contributed by atoms with E-state index in [-0.39, 0.29) is 18.5 Å². The number of rotatable bonds is 6. The fraction of sp³-hybridized carbons (Fsp3) is 0.240. The number of pyridine rings is 1. The largest absolute Gasteiger partial charge is 0.463 e. The van der Waals surface area contributed by atoms with Crippen LogP contribution in [-0.4, -0.2) is 41.8 Å². The number of aromatic nitrogens is 5. The van der Waals surface area contributed by atoms with Gasteiger partial charge in [-0.15, -0.1) is 10.2 Å². The predicted octanol–water partition coefficient (Wildman–Crippen LogP) is 5.04. The molecule has 4 heterocycles. The van der Waals surface area contributed by atoms with Gasteiger partial charge in [-0.2, -0.15) is 5.10 Å². The van der Waals surface area contributed by atoms with Gasteiger partial charge in [0.1, 0.15) is 5.69 Å². The second-order valence-corrected chi connectivity index (χ2v) is 9.05. The van der Waals surface area contributed by atoms with Gasteiger partial charge in [0.25, 0.3) is 5.91 Å². The van der Waals surface area contributed by atoms with Gasteiger partial charge in [0.15, 0.2) is 11.4 Å². The SMILES string of the molecule is Cc1nn(C)c2nc(-c3ccco3)cc(C(=O)N(Cc3nnc(-c4ccc(Cl)cc4)o3)C3CC3)c12. The van der Waals surface area contributed by atoms with Gasteiger partial charge >= 0.3 is 0 Å². The van der Waals surface area contributed by atoms with E-state index in [1.54, 1.807) is 40.1 Å². The molecule has 5 aromatic rings. The minimum Gasteiger partial charge on any atom is -0.463 e. The summed E-state index contributed by atoms with van der Waals surface area (Å²) in [5.41, 5.74) is 3.23. The molecule has 176 valence electrons. The van der Waals surface area contributed by atoms with Crippen molar-refractivity contribution in [3.63, 3.8) is 0 Å². The minimum atomic E-state index is -0.130. The van der Waals surface area contributed by atoms with Crippen LogP contribution >= 0.6 is 11.6 Å². The Bertz CT molecular complexity index is 1530. The molecule has 0 unspecified atom stereocenters. The van der Waals surface area contributed by atoms with E-state index in [1.165, 1.54) is 0 Å². The van der Waals surface area contributed by atoms with Crippen molar-refractivity contribution in [2.24, 2.45) is 7.05 Å². The summed E-state index contributed by atoms with van der Waals surface area (Å²) in [6.45, 7) is 2.09. The van der Waals surface area contributed by atoms with Crippen LogP contribution in [0, 0.1) is 6.92 Å². The van der Waals surface area contributed by atoms with E-state index < -0.39 is 0 Å². The van der Waals surface area contributed by atoms with Crippen molar-refractivity contribution in [1.29, 1.82) is 0 Å². The molecule has 35 heavy (non-hydrogen) atoms. The lowest BCUT2D eigenvalue weighted by molar-refractivity contribution is 0.0716. The second kappa shape index (κ2) is 8.35. The van der Waals surface area contributed by atoms with Crippen LogP contribution in [0.5, 0.6) is 0 Å². The van der Waals surface area contributed by atoms with E-state index in [4.69, 9.17) is 25.4 Å². The molecule has 0 aliphatic heterocycles. The fourth-order valence-electron chi connectivity index (χ4n) is 4.24. The number of fused-ring (bicyclic) bond motifs is 1. The number of halogens is 1. The second-order valence-electron chi connectivity index (χ2n) is 8.61. The first kappa shape index (κ1) is 21.5. The highest BCUT2D eigenvalue weighted by molar-refractivity contribution is 6.30. The Balaban J connectivity index is 1.37. The number of benzene rings is 1. The zero-order valence-corrected chi connectivity index (χ0v) is 19.9. The molecule has 1 aliphatic rings. The van der Waals surface area contributed by atoms with Crippen molar-refractivity contribution >= 4 is 28.5 Å². The van der Waals surface area contributed by atoms with Crippen LogP contribution in [0.3, 0.4) is 0 Å². The predicted molar refractivity (Wildman–Crippen MR) is 129 cm³/mol. The van der Waals surface area contributed by atoms with E-state index in [2.05, 4.69) is 15.3 Å². The van der Waals surface area contributed by atoms with Crippen molar-refractivity contribution in [3.05, 3.63) is 70.9 Å². The van der Waals surface area contributed by atoms with Gasteiger partial charge < -0.3 is 13.7 Å². The zero-order chi connectivity index (χ0) is 24.1. The molecule has 1 fully saturated rings. The third-order valence-electron chi connectivity index (χ3n) is 6.08. The van der Waals surface area contributed by atoms with Crippen molar-refractivity contribution < 1.29 is 13.6 Å². The number of nitrogens with zero attached hydrogens (tertiary/aromatic N) is 6. The topological polar surface area (TPSA) is 103 Å². The summed E-state index contributed by atoms with van der Waals surface area (Å²) in [5.74, 6) is 1.21. The number of carbonyl (C=O) groups is 1. The van der Waals surface area contributed by atoms with E-state index in [0.29, 0.717) is 39.5 Å². The number of hydrogen-bond acceptors (Lipinski definition) is 7. The van der Waals surface area contributed by atoms with Gasteiger partial charge in [-0.3, -0.25) is 9.48 Å². The molecule has 1 aliphatic carbocycles. The maximum Gasteiger partial charge on any atom is 0.255 e. The first-order chi connectivity index (χ1) is 17.0. The minimum absolute atomic E-state index is 0.112. The third-order valence-corrected chi connectivity index (χ3v) is 6.34. The lowest BCUT2D eigenvalue weighted by Gasteiger charge is -2.21. The average Bonchev–Trinajstić information content (AvgIpc) is 3.23. The Morgan fingerprint density at radius 3 is 2.71 bits per heavy atom. The van der Waals surface area contributed by atoms with Gasteiger partial charge in [-0.05, 0) is 62.2 Å². The summed E-state index contributed by atoms with van der Waals surface area (Å²) in [5, 5.41) is 14.2. The van der Waals surface area contributed by atoms with E-state index in [0.717, 1.165) is 29.5 Å². The normalized spacial score (nSPS) is 13.5. The molecular formula is C25H21ClN6O3. The summed E-state index contributed by atoms with van der Waals surface area (Å²) in [6, 6.07) is 12.7. The molecule has 6 rings (SSSR count). The van der Waals surface area contributed by atoms with Crippen molar-refractivity contribution in [3.8, 4) is 22.9 Å². The van der Waals surface area contributed by atoms with Gasteiger partial charge in [0.05, 0.1) is 29.5 Å². The monoisotopic (exact) mass is 488 g/mol. The average molecular weight is 489 g/mol.